The molecule has 0 radical (unpaired) electrons. The number of hydrogen-bond acceptors (Lipinski definition) is 3. The normalized spacial score (nSPS) is 17.6. The van der Waals surface area contributed by atoms with Crippen molar-refractivity contribution in [3.05, 3.63) is 22.8 Å². The van der Waals surface area contributed by atoms with Gasteiger partial charge in [0.15, 0.2) is 0 Å². The average molecular weight is 267 g/mol. The predicted molar refractivity (Wildman–Crippen MR) is 71.5 cm³/mol. The van der Waals surface area contributed by atoms with Gasteiger partial charge in [-0.25, -0.2) is 0 Å². The molecule has 0 atom stereocenters. The Hall–Kier alpha value is -1.20. The van der Waals surface area contributed by atoms with Crippen LogP contribution in [0.4, 0.5) is 5.69 Å². The van der Waals surface area contributed by atoms with Crippen molar-refractivity contribution in [2.24, 2.45) is 4.99 Å². The Morgan fingerprint density at radius 3 is 2.28 bits per heavy atom. The van der Waals surface area contributed by atoms with Crippen molar-refractivity contribution in [3.8, 4) is 0 Å². The second kappa shape index (κ2) is 3.65. The highest BCUT2D eigenvalue weighted by Crippen LogP contribution is 2.44. The lowest BCUT2D eigenvalue weighted by Crippen LogP contribution is -2.24. The number of aryl methyl sites for hydroxylation is 1. The highest BCUT2D eigenvalue weighted by Gasteiger charge is 2.36. The van der Waals surface area contributed by atoms with E-state index in [0.29, 0.717) is 11.1 Å². The molecule has 1 heterocycles. The second-order valence-corrected chi connectivity index (χ2v) is 6.70. The van der Waals surface area contributed by atoms with Crippen LogP contribution >= 0.6 is 0 Å². The largest absolute Gasteiger partial charge is 0.295 e. The lowest BCUT2D eigenvalue weighted by Gasteiger charge is -2.23. The van der Waals surface area contributed by atoms with E-state index in [1.165, 1.54) is 0 Å². The summed E-state index contributed by atoms with van der Waals surface area (Å²) in [5.41, 5.74) is 3.47. The summed E-state index contributed by atoms with van der Waals surface area (Å²) in [5, 5.41) is 0. The summed E-state index contributed by atoms with van der Waals surface area (Å²) in [4.78, 5) is 4.50. The molecule has 18 heavy (non-hydrogen) atoms. The molecule has 0 fully saturated rings. The molecule has 0 spiro atoms. The third kappa shape index (κ3) is 1.69. The summed E-state index contributed by atoms with van der Waals surface area (Å²) in [6.07, 6.45) is 0. The molecule has 2 rings (SSSR count). The zero-order valence-electron chi connectivity index (χ0n) is 11.2. The Balaban J connectivity index is 2.88. The van der Waals surface area contributed by atoms with E-state index in [1.807, 2.05) is 20.8 Å². The summed E-state index contributed by atoms with van der Waals surface area (Å²) in [7, 11) is -4.20. The zero-order valence-corrected chi connectivity index (χ0v) is 12.0. The van der Waals surface area contributed by atoms with E-state index in [9.17, 15) is 13.0 Å². The van der Waals surface area contributed by atoms with Gasteiger partial charge in [0.1, 0.15) is 4.90 Å². The molecular weight excluding hydrogens is 250 g/mol. The van der Waals surface area contributed by atoms with Crippen molar-refractivity contribution in [1.82, 2.24) is 0 Å². The number of fused-ring (bicyclic) bond motifs is 1. The fraction of sp³-hybridized carbons (Fsp3) is 0.462. The van der Waals surface area contributed by atoms with Gasteiger partial charge in [-0.05, 0) is 43.5 Å². The number of rotatable bonds is 1. The monoisotopic (exact) mass is 267 g/mol. The second-order valence-electron chi connectivity index (χ2n) is 5.34. The number of nitrogens with zero attached hydrogens (tertiary/aromatic N) is 1. The number of hydrogen-bond donors (Lipinski definition) is 1. The third-order valence-electron chi connectivity index (χ3n) is 3.76. The summed E-state index contributed by atoms with van der Waals surface area (Å²) in [6.45, 7) is 9.35. The van der Waals surface area contributed by atoms with Gasteiger partial charge in [-0.2, -0.15) is 8.42 Å². The van der Waals surface area contributed by atoms with Gasteiger partial charge in [-0.3, -0.25) is 9.55 Å². The van der Waals surface area contributed by atoms with E-state index in [1.54, 1.807) is 19.9 Å². The van der Waals surface area contributed by atoms with E-state index in [2.05, 4.69) is 4.99 Å². The summed E-state index contributed by atoms with van der Waals surface area (Å²) in [6, 6.07) is 1.73. The summed E-state index contributed by atoms with van der Waals surface area (Å²) >= 11 is 0. The molecule has 1 aromatic rings. The molecule has 0 unspecified atom stereocenters. The summed E-state index contributed by atoms with van der Waals surface area (Å²) in [5.74, 6) is 0. The van der Waals surface area contributed by atoms with Crippen LogP contribution in [0.15, 0.2) is 16.0 Å². The van der Waals surface area contributed by atoms with E-state index < -0.39 is 10.1 Å². The standard InChI is InChI=1S/C13H17NO3S/c1-7-6-10-11(13(4,5)9(3)14-10)8(2)12(7)18(15,16)17/h6H,1-5H3,(H,15,16,17). The van der Waals surface area contributed by atoms with E-state index >= 15 is 0 Å². The minimum Gasteiger partial charge on any atom is -0.282 e. The van der Waals surface area contributed by atoms with Gasteiger partial charge in [0, 0.05) is 11.1 Å². The van der Waals surface area contributed by atoms with Gasteiger partial charge in [-0.1, -0.05) is 13.8 Å². The maximum atomic E-state index is 11.5. The number of benzene rings is 1. The highest BCUT2D eigenvalue weighted by atomic mass is 32.2. The highest BCUT2D eigenvalue weighted by molar-refractivity contribution is 7.86. The van der Waals surface area contributed by atoms with Crippen molar-refractivity contribution < 1.29 is 13.0 Å². The van der Waals surface area contributed by atoms with Crippen LogP contribution in [0.3, 0.4) is 0 Å². The van der Waals surface area contributed by atoms with Crippen LogP contribution in [-0.2, 0) is 15.5 Å². The van der Waals surface area contributed by atoms with E-state index in [4.69, 9.17) is 0 Å². The molecule has 0 amide bonds. The molecule has 1 aliphatic heterocycles. The number of aliphatic imine (C=N–C) groups is 1. The molecule has 1 aromatic carbocycles. The maximum Gasteiger partial charge on any atom is 0.295 e. The van der Waals surface area contributed by atoms with Crippen LogP contribution in [0.1, 0.15) is 37.5 Å². The van der Waals surface area contributed by atoms with Crippen LogP contribution in [0.5, 0.6) is 0 Å². The molecule has 98 valence electrons. The lowest BCUT2D eigenvalue weighted by atomic mass is 9.79. The van der Waals surface area contributed by atoms with Gasteiger partial charge in [0.2, 0.25) is 0 Å². The SMILES string of the molecule is CC1=Nc2cc(C)c(S(=O)(=O)O)c(C)c2C1(C)C. The molecular formula is C13H17NO3S. The fourth-order valence-electron chi connectivity index (χ4n) is 2.72. The first-order chi connectivity index (χ1) is 8.06. The van der Waals surface area contributed by atoms with Crippen molar-refractivity contribution in [1.29, 1.82) is 0 Å². The molecule has 1 N–H and O–H groups in total. The first kappa shape index (κ1) is 13.2. The molecule has 0 saturated heterocycles. The average Bonchev–Trinajstić information content (AvgIpc) is 2.34. The van der Waals surface area contributed by atoms with Crippen molar-refractivity contribution in [2.45, 2.75) is 44.9 Å². The van der Waals surface area contributed by atoms with Crippen LogP contribution in [0.2, 0.25) is 0 Å². The smallest absolute Gasteiger partial charge is 0.282 e. The van der Waals surface area contributed by atoms with Crippen LogP contribution in [-0.4, -0.2) is 18.7 Å². The van der Waals surface area contributed by atoms with Gasteiger partial charge in [0.05, 0.1) is 5.69 Å². The molecule has 5 heteroatoms. The van der Waals surface area contributed by atoms with Crippen molar-refractivity contribution >= 4 is 21.5 Å². The quantitative estimate of drug-likeness (QED) is 0.795. The maximum absolute atomic E-state index is 11.5. The van der Waals surface area contributed by atoms with Gasteiger partial charge < -0.3 is 0 Å². The Kier molecular flexibility index (Phi) is 2.68. The molecule has 0 aliphatic carbocycles. The van der Waals surface area contributed by atoms with Gasteiger partial charge in [0.25, 0.3) is 10.1 Å². The van der Waals surface area contributed by atoms with Crippen LogP contribution in [0.25, 0.3) is 0 Å². The molecule has 0 aromatic heterocycles. The summed E-state index contributed by atoms with van der Waals surface area (Å²) < 4.78 is 32.3. The zero-order chi connectivity index (χ0) is 13.9. The minimum atomic E-state index is -4.20. The lowest BCUT2D eigenvalue weighted by molar-refractivity contribution is 0.481. The first-order valence-electron chi connectivity index (χ1n) is 5.74. The van der Waals surface area contributed by atoms with Gasteiger partial charge >= 0.3 is 0 Å². The molecule has 0 saturated carbocycles. The Morgan fingerprint density at radius 1 is 1.22 bits per heavy atom. The Morgan fingerprint density at radius 2 is 1.78 bits per heavy atom. The fourth-order valence-corrected chi connectivity index (χ4v) is 3.67. The Labute approximate surface area is 108 Å². The minimum absolute atomic E-state index is 0.0132. The topological polar surface area (TPSA) is 66.7 Å². The molecule has 1 aliphatic rings. The van der Waals surface area contributed by atoms with Crippen LogP contribution < -0.4 is 0 Å². The Bertz CT molecular complexity index is 670. The van der Waals surface area contributed by atoms with Crippen LogP contribution in [0, 0.1) is 13.8 Å². The molecule has 4 nitrogen and oxygen atoms in total. The van der Waals surface area contributed by atoms with E-state index in [0.717, 1.165) is 17.0 Å². The van der Waals surface area contributed by atoms with Crippen molar-refractivity contribution in [2.75, 3.05) is 0 Å². The molecule has 0 bridgehead atoms. The van der Waals surface area contributed by atoms with E-state index in [-0.39, 0.29) is 10.3 Å². The predicted octanol–water partition coefficient (Wildman–Crippen LogP) is 2.93. The third-order valence-corrected chi connectivity index (χ3v) is 4.90. The first-order valence-corrected chi connectivity index (χ1v) is 7.18. The van der Waals surface area contributed by atoms with Crippen molar-refractivity contribution in [3.63, 3.8) is 0 Å². The van der Waals surface area contributed by atoms with Gasteiger partial charge in [-0.15, -0.1) is 0 Å².